The van der Waals surface area contributed by atoms with Crippen LogP contribution in [0.3, 0.4) is 0 Å². The van der Waals surface area contributed by atoms with Crippen molar-refractivity contribution < 1.29 is 9.59 Å². The van der Waals surface area contributed by atoms with Crippen LogP contribution in [0.25, 0.3) is 0 Å². The summed E-state index contributed by atoms with van der Waals surface area (Å²) in [5, 5.41) is 6.68. The van der Waals surface area contributed by atoms with Gasteiger partial charge in [-0.05, 0) is 55.6 Å². The van der Waals surface area contributed by atoms with E-state index >= 15 is 0 Å². The zero-order valence-electron chi connectivity index (χ0n) is 12.4. The van der Waals surface area contributed by atoms with Crippen LogP contribution in [0.4, 0.5) is 11.4 Å². The summed E-state index contributed by atoms with van der Waals surface area (Å²) in [6, 6.07) is 5.57. The average Bonchev–Trinajstić information content (AvgIpc) is 3.08. The molecule has 1 fully saturated rings. The summed E-state index contributed by atoms with van der Waals surface area (Å²) >= 11 is 1.08. The normalized spacial score (nSPS) is 14.5. The number of hydrogen-bond acceptors (Lipinski definition) is 5. The van der Waals surface area contributed by atoms with Crippen LogP contribution in [-0.4, -0.2) is 27.9 Å². The van der Waals surface area contributed by atoms with Gasteiger partial charge >= 0.3 is 0 Å². The number of carbonyl (C=O) groups excluding carboxylic acids is 2. The van der Waals surface area contributed by atoms with E-state index in [0.717, 1.165) is 35.7 Å². The van der Waals surface area contributed by atoms with Crippen LogP contribution < -0.4 is 10.2 Å². The maximum absolute atomic E-state index is 12.2. The molecule has 114 valence electrons. The van der Waals surface area contributed by atoms with Crippen LogP contribution in [0.2, 0.25) is 0 Å². The molecule has 0 atom stereocenters. The fourth-order valence-corrected chi connectivity index (χ4v) is 3.12. The summed E-state index contributed by atoms with van der Waals surface area (Å²) in [6.45, 7) is 4.46. The van der Waals surface area contributed by atoms with Gasteiger partial charge in [0.2, 0.25) is 5.91 Å². The second kappa shape index (κ2) is 5.84. The van der Waals surface area contributed by atoms with Crippen molar-refractivity contribution in [1.82, 2.24) is 9.59 Å². The highest BCUT2D eigenvalue weighted by molar-refractivity contribution is 7.08. The molecule has 1 aromatic carbocycles. The average molecular weight is 316 g/mol. The summed E-state index contributed by atoms with van der Waals surface area (Å²) in [4.78, 5) is 26.3. The molecule has 0 radical (unpaired) electrons. The van der Waals surface area contributed by atoms with Crippen LogP contribution in [0.15, 0.2) is 18.2 Å². The molecule has 7 heteroatoms. The molecule has 0 saturated carbocycles. The highest BCUT2D eigenvalue weighted by atomic mass is 32.1. The fourth-order valence-electron chi connectivity index (χ4n) is 2.57. The largest absolute Gasteiger partial charge is 0.321 e. The first-order valence-electron chi connectivity index (χ1n) is 7.07. The van der Waals surface area contributed by atoms with Gasteiger partial charge in [-0.25, -0.2) is 0 Å². The van der Waals surface area contributed by atoms with Gasteiger partial charge in [0, 0.05) is 24.3 Å². The molecule has 2 heterocycles. The lowest BCUT2D eigenvalue weighted by Gasteiger charge is -2.19. The highest BCUT2D eigenvalue weighted by Gasteiger charge is 2.23. The SMILES string of the molecule is Cc1cc(NC(=O)c2snnc2C)ccc1N1CCCC1=O. The topological polar surface area (TPSA) is 75.2 Å². The van der Waals surface area contributed by atoms with E-state index in [2.05, 4.69) is 14.9 Å². The molecule has 1 aromatic heterocycles. The quantitative estimate of drug-likeness (QED) is 0.944. The van der Waals surface area contributed by atoms with Crippen molar-refractivity contribution >= 4 is 34.7 Å². The molecule has 1 N–H and O–H groups in total. The summed E-state index contributed by atoms with van der Waals surface area (Å²) in [7, 11) is 0. The van der Waals surface area contributed by atoms with Crippen LogP contribution in [0, 0.1) is 13.8 Å². The molecule has 22 heavy (non-hydrogen) atoms. The van der Waals surface area contributed by atoms with Crippen molar-refractivity contribution in [2.45, 2.75) is 26.7 Å². The van der Waals surface area contributed by atoms with Crippen LogP contribution in [0.5, 0.6) is 0 Å². The minimum Gasteiger partial charge on any atom is -0.321 e. The van der Waals surface area contributed by atoms with Crippen molar-refractivity contribution in [1.29, 1.82) is 0 Å². The molecule has 2 amide bonds. The third-order valence-electron chi connectivity index (χ3n) is 3.68. The molecule has 1 aliphatic rings. The number of carbonyl (C=O) groups is 2. The Labute approximate surface area is 132 Å². The number of aromatic nitrogens is 2. The molecule has 0 unspecified atom stereocenters. The van der Waals surface area contributed by atoms with Gasteiger partial charge in [-0.3, -0.25) is 9.59 Å². The summed E-state index contributed by atoms with van der Waals surface area (Å²) in [5.74, 6) is -0.0526. The molecular formula is C15H16N4O2S. The van der Waals surface area contributed by atoms with Gasteiger partial charge in [-0.1, -0.05) is 4.49 Å². The Morgan fingerprint density at radius 3 is 2.77 bits per heavy atom. The molecule has 1 saturated heterocycles. The number of aryl methyl sites for hydroxylation is 2. The van der Waals surface area contributed by atoms with E-state index in [4.69, 9.17) is 0 Å². The third-order valence-corrected chi connectivity index (χ3v) is 4.50. The fraction of sp³-hybridized carbons (Fsp3) is 0.333. The van der Waals surface area contributed by atoms with Gasteiger partial charge in [0.15, 0.2) is 0 Å². The number of amides is 2. The lowest BCUT2D eigenvalue weighted by Crippen LogP contribution is -2.24. The van der Waals surface area contributed by atoms with Gasteiger partial charge in [0.1, 0.15) is 4.88 Å². The monoisotopic (exact) mass is 316 g/mol. The van der Waals surface area contributed by atoms with Crippen LogP contribution in [-0.2, 0) is 4.79 Å². The number of hydrogen-bond donors (Lipinski definition) is 1. The van der Waals surface area contributed by atoms with Gasteiger partial charge in [-0.15, -0.1) is 5.10 Å². The first-order valence-corrected chi connectivity index (χ1v) is 7.85. The predicted molar refractivity (Wildman–Crippen MR) is 85.4 cm³/mol. The first kappa shape index (κ1) is 14.6. The number of rotatable bonds is 3. The van der Waals surface area contributed by atoms with Crippen LogP contribution in [0.1, 0.15) is 33.8 Å². The second-order valence-corrected chi connectivity index (χ2v) is 6.05. The minimum atomic E-state index is -0.211. The molecule has 2 aromatic rings. The predicted octanol–water partition coefficient (Wildman–Crippen LogP) is 2.53. The second-order valence-electron chi connectivity index (χ2n) is 5.29. The van der Waals surface area contributed by atoms with E-state index in [0.29, 0.717) is 22.7 Å². The van der Waals surface area contributed by atoms with E-state index in [9.17, 15) is 9.59 Å². The molecule has 1 aliphatic heterocycles. The molecular weight excluding hydrogens is 300 g/mol. The standard InChI is InChI=1S/C15H16N4O2S/c1-9-8-11(16-15(21)14-10(2)17-18-22-14)5-6-12(9)19-7-3-4-13(19)20/h5-6,8H,3-4,7H2,1-2H3,(H,16,21). The van der Waals surface area contributed by atoms with Crippen molar-refractivity contribution in [3.05, 3.63) is 34.3 Å². The van der Waals surface area contributed by atoms with Crippen molar-refractivity contribution in [3.8, 4) is 0 Å². The lowest BCUT2D eigenvalue weighted by atomic mass is 10.1. The lowest BCUT2D eigenvalue weighted by molar-refractivity contribution is -0.117. The maximum Gasteiger partial charge on any atom is 0.269 e. The van der Waals surface area contributed by atoms with Gasteiger partial charge in [0.25, 0.3) is 5.91 Å². The summed E-state index contributed by atoms with van der Waals surface area (Å²) in [6.07, 6.45) is 1.50. The number of nitrogens with zero attached hydrogens (tertiary/aromatic N) is 3. The Morgan fingerprint density at radius 1 is 1.36 bits per heavy atom. The number of anilines is 2. The van der Waals surface area contributed by atoms with E-state index in [1.54, 1.807) is 11.8 Å². The third kappa shape index (κ3) is 2.71. The van der Waals surface area contributed by atoms with Crippen molar-refractivity contribution in [2.24, 2.45) is 0 Å². The molecule has 3 rings (SSSR count). The van der Waals surface area contributed by atoms with Crippen molar-refractivity contribution in [2.75, 3.05) is 16.8 Å². The Balaban J connectivity index is 1.79. The van der Waals surface area contributed by atoms with E-state index in [1.807, 2.05) is 25.1 Å². The number of benzene rings is 1. The first-order chi connectivity index (χ1) is 10.6. The molecule has 0 bridgehead atoms. The molecule has 6 nitrogen and oxygen atoms in total. The highest BCUT2D eigenvalue weighted by Crippen LogP contribution is 2.27. The molecule has 0 spiro atoms. The van der Waals surface area contributed by atoms with E-state index in [1.165, 1.54) is 0 Å². The van der Waals surface area contributed by atoms with E-state index < -0.39 is 0 Å². The van der Waals surface area contributed by atoms with Crippen LogP contribution >= 0.6 is 11.5 Å². The van der Waals surface area contributed by atoms with E-state index in [-0.39, 0.29) is 11.8 Å². The zero-order valence-corrected chi connectivity index (χ0v) is 13.2. The Bertz CT molecular complexity index is 741. The smallest absolute Gasteiger partial charge is 0.269 e. The maximum atomic E-state index is 12.2. The molecule has 0 aliphatic carbocycles. The van der Waals surface area contributed by atoms with Gasteiger partial charge in [-0.2, -0.15) is 0 Å². The van der Waals surface area contributed by atoms with Gasteiger partial charge < -0.3 is 10.2 Å². The Hall–Kier alpha value is -2.28. The Morgan fingerprint density at radius 2 is 2.18 bits per heavy atom. The number of nitrogens with one attached hydrogen (secondary N) is 1. The summed E-state index contributed by atoms with van der Waals surface area (Å²) < 4.78 is 3.76. The minimum absolute atomic E-state index is 0.159. The zero-order chi connectivity index (χ0) is 15.7. The summed E-state index contributed by atoms with van der Waals surface area (Å²) in [5.41, 5.74) is 3.20. The van der Waals surface area contributed by atoms with Crippen molar-refractivity contribution in [3.63, 3.8) is 0 Å². The van der Waals surface area contributed by atoms with Gasteiger partial charge in [0.05, 0.1) is 5.69 Å². The Kier molecular flexibility index (Phi) is 3.89.